The summed E-state index contributed by atoms with van der Waals surface area (Å²) in [5, 5.41) is 4.29. The number of hydrogen-bond donors (Lipinski definition) is 2. The molecule has 41 heavy (non-hydrogen) atoms. The minimum atomic E-state index is -0.0924. The maximum atomic E-state index is 13.9. The molecule has 5 rings (SSSR count). The number of fused-ring (bicyclic) bond motifs is 1. The Morgan fingerprint density at radius 3 is 2.34 bits per heavy atom. The van der Waals surface area contributed by atoms with Gasteiger partial charge in [0.25, 0.3) is 5.91 Å². The molecule has 0 bridgehead atoms. The zero-order valence-electron chi connectivity index (χ0n) is 23.3. The SMILES string of the molecule is CC(C)c1ccc2c(Nc3cc(C(=O)N(c4ccc(Br)cc4)C(C)C)ccc3Sc3ccc(N)cc3)ncnc2n1. The Kier molecular flexibility index (Phi) is 8.56. The lowest BCUT2D eigenvalue weighted by Gasteiger charge is -2.27. The molecule has 0 unspecified atom stereocenters. The van der Waals surface area contributed by atoms with Crippen LogP contribution in [-0.4, -0.2) is 26.9 Å². The smallest absolute Gasteiger partial charge is 0.258 e. The molecular formula is C32H31BrN6OS. The molecule has 2 aromatic heterocycles. The molecule has 0 aliphatic carbocycles. The third kappa shape index (κ3) is 6.52. The number of carbonyl (C=O) groups is 1. The Balaban J connectivity index is 1.57. The van der Waals surface area contributed by atoms with E-state index in [0.717, 1.165) is 36.7 Å². The molecular weight excluding hydrogens is 596 g/mol. The average Bonchev–Trinajstić information content (AvgIpc) is 2.96. The first kappa shape index (κ1) is 28.6. The fourth-order valence-electron chi connectivity index (χ4n) is 4.41. The molecule has 0 fully saturated rings. The van der Waals surface area contributed by atoms with Crippen LogP contribution >= 0.6 is 27.7 Å². The maximum absolute atomic E-state index is 13.9. The second kappa shape index (κ2) is 12.3. The highest BCUT2D eigenvalue weighted by Gasteiger charge is 2.22. The Morgan fingerprint density at radius 2 is 1.66 bits per heavy atom. The molecule has 3 aromatic carbocycles. The number of aromatic nitrogens is 3. The molecule has 2 heterocycles. The van der Waals surface area contributed by atoms with Crippen LogP contribution < -0.4 is 16.0 Å². The Morgan fingerprint density at radius 1 is 0.927 bits per heavy atom. The van der Waals surface area contributed by atoms with Crippen LogP contribution in [0.2, 0.25) is 0 Å². The zero-order chi connectivity index (χ0) is 29.1. The van der Waals surface area contributed by atoms with Crippen molar-refractivity contribution in [2.75, 3.05) is 16.0 Å². The van der Waals surface area contributed by atoms with Gasteiger partial charge in [0, 0.05) is 42.9 Å². The quantitative estimate of drug-likeness (QED) is 0.167. The van der Waals surface area contributed by atoms with Crippen LogP contribution in [0.15, 0.2) is 99.5 Å². The number of nitrogens with zero attached hydrogens (tertiary/aromatic N) is 4. The fraction of sp³-hybridized carbons (Fsp3) is 0.188. The Bertz CT molecular complexity index is 1690. The van der Waals surface area contributed by atoms with Crippen molar-refractivity contribution in [3.8, 4) is 0 Å². The van der Waals surface area contributed by atoms with Crippen molar-refractivity contribution < 1.29 is 4.79 Å². The molecule has 3 N–H and O–H groups in total. The normalized spacial score (nSPS) is 11.3. The van der Waals surface area contributed by atoms with Gasteiger partial charge in [0.05, 0.1) is 11.1 Å². The van der Waals surface area contributed by atoms with E-state index in [1.165, 1.54) is 6.33 Å². The second-order valence-corrected chi connectivity index (χ2v) is 12.3. The molecule has 0 saturated heterocycles. The van der Waals surface area contributed by atoms with Gasteiger partial charge in [-0.05, 0) is 98.6 Å². The van der Waals surface area contributed by atoms with E-state index in [9.17, 15) is 4.79 Å². The van der Waals surface area contributed by atoms with E-state index in [1.54, 1.807) is 16.7 Å². The highest BCUT2D eigenvalue weighted by atomic mass is 79.9. The minimum absolute atomic E-state index is 0.0454. The largest absolute Gasteiger partial charge is 0.399 e. The number of rotatable bonds is 8. The lowest BCUT2D eigenvalue weighted by Crippen LogP contribution is -2.37. The van der Waals surface area contributed by atoms with E-state index < -0.39 is 0 Å². The van der Waals surface area contributed by atoms with Crippen LogP contribution in [0.25, 0.3) is 11.0 Å². The average molecular weight is 628 g/mol. The van der Waals surface area contributed by atoms with E-state index in [2.05, 4.69) is 45.1 Å². The summed E-state index contributed by atoms with van der Waals surface area (Å²) in [7, 11) is 0. The van der Waals surface area contributed by atoms with Gasteiger partial charge in [0.15, 0.2) is 5.65 Å². The van der Waals surface area contributed by atoms with Gasteiger partial charge in [0.2, 0.25) is 0 Å². The summed E-state index contributed by atoms with van der Waals surface area (Å²) in [5.41, 5.74) is 10.3. The first-order valence-electron chi connectivity index (χ1n) is 13.3. The zero-order valence-corrected chi connectivity index (χ0v) is 25.7. The van der Waals surface area contributed by atoms with Crippen molar-refractivity contribution in [1.82, 2.24) is 15.0 Å². The van der Waals surface area contributed by atoms with Crippen molar-refractivity contribution in [3.05, 3.63) is 101 Å². The summed E-state index contributed by atoms with van der Waals surface area (Å²) in [5.74, 6) is 0.811. The van der Waals surface area contributed by atoms with Gasteiger partial charge in [-0.3, -0.25) is 4.79 Å². The second-order valence-electron chi connectivity index (χ2n) is 10.2. The summed E-state index contributed by atoms with van der Waals surface area (Å²) in [6.45, 7) is 8.23. The molecule has 7 nitrogen and oxygen atoms in total. The van der Waals surface area contributed by atoms with Crippen molar-refractivity contribution in [2.24, 2.45) is 0 Å². The summed E-state index contributed by atoms with van der Waals surface area (Å²) in [6, 6.07) is 25.2. The predicted molar refractivity (Wildman–Crippen MR) is 172 cm³/mol. The van der Waals surface area contributed by atoms with E-state index in [0.29, 0.717) is 22.7 Å². The number of nitrogens with one attached hydrogen (secondary N) is 1. The molecule has 0 spiro atoms. The highest BCUT2D eigenvalue weighted by Crippen LogP contribution is 2.37. The van der Waals surface area contributed by atoms with Crippen LogP contribution in [0.1, 0.15) is 49.7 Å². The van der Waals surface area contributed by atoms with Gasteiger partial charge in [-0.25, -0.2) is 15.0 Å². The lowest BCUT2D eigenvalue weighted by molar-refractivity contribution is 0.0980. The topological polar surface area (TPSA) is 97.0 Å². The molecule has 0 radical (unpaired) electrons. The van der Waals surface area contributed by atoms with E-state index in [4.69, 9.17) is 10.7 Å². The van der Waals surface area contributed by atoms with Gasteiger partial charge in [-0.2, -0.15) is 0 Å². The van der Waals surface area contributed by atoms with Gasteiger partial charge in [-0.15, -0.1) is 0 Å². The Labute approximate surface area is 252 Å². The highest BCUT2D eigenvalue weighted by molar-refractivity contribution is 9.10. The predicted octanol–water partition coefficient (Wildman–Crippen LogP) is 8.44. The summed E-state index contributed by atoms with van der Waals surface area (Å²) in [6.07, 6.45) is 1.51. The van der Waals surface area contributed by atoms with Crippen LogP contribution in [-0.2, 0) is 0 Å². The lowest BCUT2D eigenvalue weighted by atomic mass is 10.1. The monoisotopic (exact) mass is 626 g/mol. The molecule has 9 heteroatoms. The summed E-state index contributed by atoms with van der Waals surface area (Å²) in [4.78, 5) is 31.4. The van der Waals surface area contributed by atoms with E-state index >= 15 is 0 Å². The van der Waals surface area contributed by atoms with Crippen LogP contribution in [0.4, 0.5) is 22.9 Å². The first-order chi connectivity index (χ1) is 19.7. The first-order valence-corrected chi connectivity index (χ1v) is 15.0. The molecule has 208 valence electrons. The number of nitrogen functional groups attached to an aromatic ring is 1. The molecule has 5 aromatic rings. The third-order valence-electron chi connectivity index (χ3n) is 6.54. The number of hydrogen-bond acceptors (Lipinski definition) is 7. The number of halogens is 1. The van der Waals surface area contributed by atoms with Crippen molar-refractivity contribution in [3.63, 3.8) is 0 Å². The van der Waals surface area contributed by atoms with Crippen molar-refractivity contribution >= 4 is 67.5 Å². The number of pyridine rings is 1. The maximum Gasteiger partial charge on any atom is 0.258 e. The van der Waals surface area contributed by atoms with Crippen LogP contribution in [0.5, 0.6) is 0 Å². The van der Waals surface area contributed by atoms with Crippen LogP contribution in [0.3, 0.4) is 0 Å². The van der Waals surface area contributed by atoms with Gasteiger partial charge in [-0.1, -0.05) is 41.5 Å². The number of carbonyl (C=O) groups excluding carboxylic acids is 1. The molecule has 1 amide bonds. The fourth-order valence-corrected chi connectivity index (χ4v) is 5.56. The Hall–Kier alpha value is -3.95. The minimum Gasteiger partial charge on any atom is -0.399 e. The number of nitrogens with two attached hydrogens (primary N) is 1. The summed E-state index contributed by atoms with van der Waals surface area (Å²) < 4.78 is 0.958. The van der Waals surface area contributed by atoms with Crippen LogP contribution in [0, 0.1) is 0 Å². The third-order valence-corrected chi connectivity index (χ3v) is 8.15. The van der Waals surface area contributed by atoms with E-state index in [-0.39, 0.29) is 17.9 Å². The number of amides is 1. The van der Waals surface area contributed by atoms with Gasteiger partial charge < -0.3 is 16.0 Å². The molecule has 0 atom stereocenters. The van der Waals surface area contributed by atoms with Gasteiger partial charge in [0.1, 0.15) is 12.1 Å². The van der Waals surface area contributed by atoms with Gasteiger partial charge >= 0.3 is 0 Å². The van der Waals surface area contributed by atoms with Crippen molar-refractivity contribution in [1.29, 1.82) is 0 Å². The summed E-state index contributed by atoms with van der Waals surface area (Å²) >= 11 is 5.07. The molecule has 0 saturated carbocycles. The standard InChI is InChI=1S/C32H31BrN6OS/c1-19(2)27-15-14-26-30(37-27)35-18-36-31(26)38-28-17-21(5-16-29(28)41-25-12-8-23(34)9-13-25)32(40)39(20(3)4)24-10-6-22(33)7-11-24/h5-20H,34H2,1-4H3,(H,35,36,37,38). The van der Waals surface area contributed by atoms with E-state index in [1.807, 2.05) is 92.7 Å². The van der Waals surface area contributed by atoms with Crippen molar-refractivity contribution in [2.45, 2.75) is 49.4 Å². The number of anilines is 4. The number of benzene rings is 3. The molecule has 0 aliphatic heterocycles. The molecule has 0 aliphatic rings.